The average Bonchev–Trinajstić information content (AvgIpc) is 4.00. The Kier molecular flexibility index (Phi) is 13.3. The van der Waals surface area contributed by atoms with Crippen LogP contribution in [-0.2, 0) is 52.8 Å². The minimum Gasteiger partial charge on any atom is -0.508 e. The number of benzene rings is 2. The van der Waals surface area contributed by atoms with Crippen LogP contribution in [0.5, 0.6) is 5.75 Å². The number of carbonyl (C=O) groups excluding carboxylic acids is 5. The Hall–Kier alpha value is -5.80. The van der Waals surface area contributed by atoms with Crippen molar-refractivity contribution in [3.8, 4) is 28.1 Å². The Bertz CT molecular complexity index is 2530. The average molecular weight is 904 g/mol. The highest BCUT2D eigenvalue weighted by atomic mass is 16.5. The molecular weight excluding hydrogens is 839 g/mol. The molecule has 4 amide bonds. The third kappa shape index (κ3) is 9.42. The largest absolute Gasteiger partial charge is 0.508 e. The minimum atomic E-state index is -1.16. The van der Waals surface area contributed by atoms with Gasteiger partial charge in [-0.1, -0.05) is 39.8 Å². The van der Waals surface area contributed by atoms with Crippen LogP contribution in [-0.4, -0.2) is 117 Å². The number of aryl methyl sites for hydroxylation is 1. The van der Waals surface area contributed by atoms with Gasteiger partial charge in [-0.3, -0.25) is 34.0 Å². The number of ether oxygens (including phenoxy) is 2. The van der Waals surface area contributed by atoms with Crippen LogP contribution in [0.2, 0.25) is 0 Å². The van der Waals surface area contributed by atoms with Crippen LogP contribution in [0, 0.1) is 17.3 Å². The number of rotatable bonds is 10. The van der Waals surface area contributed by atoms with Gasteiger partial charge in [0.25, 0.3) is 5.91 Å². The van der Waals surface area contributed by atoms with Crippen molar-refractivity contribution in [3.63, 3.8) is 0 Å². The lowest BCUT2D eigenvalue weighted by Crippen LogP contribution is -2.62. The molecule has 5 heterocycles. The van der Waals surface area contributed by atoms with E-state index in [9.17, 15) is 29.1 Å². The van der Waals surface area contributed by atoms with Crippen molar-refractivity contribution in [2.45, 2.75) is 123 Å². The molecule has 3 N–H and O–H groups in total. The van der Waals surface area contributed by atoms with Crippen molar-refractivity contribution in [3.05, 3.63) is 71.5 Å². The van der Waals surface area contributed by atoms with E-state index in [-0.39, 0.29) is 61.6 Å². The van der Waals surface area contributed by atoms with Gasteiger partial charge in [-0.15, -0.1) is 0 Å². The third-order valence-electron chi connectivity index (χ3n) is 13.8. The Morgan fingerprint density at radius 3 is 2.53 bits per heavy atom. The van der Waals surface area contributed by atoms with Gasteiger partial charge in [-0.05, 0) is 111 Å². The third-order valence-corrected chi connectivity index (χ3v) is 13.8. The van der Waals surface area contributed by atoms with E-state index in [1.54, 1.807) is 37.4 Å². The van der Waals surface area contributed by atoms with E-state index >= 15 is 0 Å². The maximum absolute atomic E-state index is 14.7. The van der Waals surface area contributed by atoms with Crippen molar-refractivity contribution >= 4 is 40.5 Å². The van der Waals surface area contributed by atoms with Crippen molar-refractivity contribution in [2.75, 3.05) is 33.9 Å². The normalized spacial score (nSPS) is 22.3. The number of likely N-dealkylation sites (N-methyl/N-ethyl adjacent to an activating group) is 1. The minimum absolute atomic E-state index is 0.00523. The zero-order valence-corrected chi connectivity index (χ0v) is 39.6. The van der Waals surface area contributed by atoms with E-state index in [0.29, 0.717) is 37.9 Å². The van der Waals surface area contributed by atoms with Crippen molar-refractivity contribution in [1.29, 1.82) is 0 Å². The van der Waals surface area contributed by atoms with Crippen molar-refractivity contribution < 1.29 is 38.6 Å². The number of hydrazine groups is 1. The summed E-state index contributed by atoms with van der Waals surface area (Å²) in [6.07, 6.45) is 4.97. The zero-order valence-electron chi connectivity index (χ0n) is 39.6. The number of amides is 4. The summed E-state index contributed by atoms with van der Waals surface area (Å²) < 4.78 is 14.2. The fourth-order valence-electron chi connectivity index (χ4n) is 10.3. The van der Waals surface area contributed by atoms with E-state index in [1.165, 1.54) is 9.91 Å². The Labute approximate surface area is 387 Å². The number of pyridine rings is 1. The van der Waals surface area contributed by atoms with E-state index in [1.807, 2.05) is 39.0 Å². The number of hydrogen-bond acceptors (Lipinski definition) is 10. The predicted octanol–water partition coefficient (Wildman–Crippen LogP) is 5.95. The number of aromatic nitrogens is 2. The topological polar surface area (TPSA) is 176 Å². The van der Waals surface area contributed by atoms with Gasteiger partial charge in [0.15, 0.2) is 0 Å². The maximum Gasteiger partial charge on any atom is 0.324 e. The molecule has 4 aliphatic rings. The molecule has 352 valence electrons. The number of phenolic OH excluding ortho intramolecular Hbond substituents is 1. The first-order valence-corrected chi connectivity index (χ1v) is 23.6. The van der Waals surface area contributed by atoms with Gasteiger partial charge in [0.1, 0.15) is 23.9 Å². The highest BCUT2D eigenvalue weighted by Gasteiger charge is 2.45. The van der Waals surface area contributed by atoms with Gasteiger partial charge in [0, 0.05) is 80.8 Å². The molecule has 1 saturated carbocycles. The number of cyclic esters (lactones) is 1. The second-order valence-electron chi connectivity index (χ2n) is 19.8. The molecule has 0 spiro atoms. The summed E-state index contributed by atoms with van der Waals surface area (Å²) in [5.74, 6) is -2.71. The Morgan fingerprint density at radius 2 is 1.82 bits per heavy atom. The highest BCUT2D eigenvalue weighted by Crippen LogP contribution is 2.42. The zero-order chi connectivity index (χ0) is 47.2. The molecule has 0 radical (unpaired) electrons. The van der Waals surface area contributed by atoms with E-state index in [0.717, 1.165) is 57.4 Å². The summed E-state index contributed by atoms with van der Waals surface area (Å²) in [7, 11) is 3.26. The molecule has 1 unspecified atom stereocenters. The van der Waals surface area contributed by atoms with Gasteiger partial charge in [0.05, 0.1) is 30.0 Å². The van der Waals surface area contributed by atoms with Gasteiger partial charge in [-0.2, -0.15) is 0 Å². The maximum atomic E-state index is 14.7. The molecule has 8 rings (SSSR count). The molecule has 15 nitrogen and oxygen atoms in total. The number of hydrogen-bond donors (Lipinski definition) is 3. The monoisotopic (exact) mass is 903 g/mol. The quantitative estimate of drug-likeness (QED) is 0.162. The molecule has 2 aromatic heterocycles. The van der Waals surface area contributed by atoms with Crippen LogP contribution in [0.1, 0.15) is 96.6 Å². The lowest BCUT2D eigenvalue weighted by Gasteiger charge is -2.37. The van der Waals surface area contributed by atoms with Gasteiger partial charge in [-0.25, -0.2) is 5.43 Å². The second-order valence-corrected chi connectivity index (χ2v) is 19.8. The molecule has 3 fully saturated rings. The summed E-state index contributed by atoms with van der Waals surface area (Å²) in [6.45, 7) is 13.3. The van der Waals surface area contributed by atoms with Gasteiger partial charge in [0.2, 0.25) is 17.7 Å². The standard InChI is InChI=1S/C51H65N7O8/c1-9-56-42-17-14-32-24-38(42)39(46(56)37-12-10-18-52-44(37)30(4)65-8)26-51(5,6)28-66-50(64)40-13-11-19-58(54-40)49(63)41(22-31-20-33(32)23-36(59)21-31)53-47(61)45(29(2)3)55(7)48(62)34-25-43(60)57(27-34)35-15-16-35/h10,12,14,17-18,20-21,23-24,29-30,34-35,40-41,45,54,59H,9,11,13,15-16,19,22,25-28H2,1-8H3,(H,53,61)/t30-,34?,40-,41-,45-/m0/s1. The first kappa shape index (κ1) is 46.7. The fraction of sp³-hybridized carbons (Fsp3) is 0.529. The van der Waals surface area contributed by atoms with E-state index < -0.39 is 47.2 Å². The van der Waals surface area contributed by atoms with Gasteiger partial charge >= 0.3 is 5.97 Å². The number of fused-ring (bicyclic) bond motifs is 6. The van der Waals surface area contributed by atoms with Crippen molar-refractivity contribution in [1.82, 2.24) is 35.1 Å². The lowest BCUT2D eigenvalue weighted by atomic mass is 9.84. The molecular formula is C51H65N7O8. The number of aromatic hydroxyl groups is 1. The number of phenols is 1. The SMILES string of the molecule is CCn1c(-c2cccnc2[C@H](C)OC)c2c3cc(ccc31)-c1cc(O)cc(c1)C[C@H](NC(=O)[C@H](C(C)C)N(C)C(=O)C1CC(=O)N(C3CC3)C1)C(=O)N1CCC[C@H](N1)C(=O)OCC(C)(C)C2. The summed E-state index contributed by atoms with van der Waals surface area (Å²) >= 11 is 0. The molecule has 2 saturated heterocycles. The number of methoxy groups -OCH3 is 1. The predicted molar refractivity (Wildman–Crippen MR) is 250 cm³/mol. The van der Waals surface area contributed by atoms with Crippen LogP contribution < -0.4 is 10.7 Å². The van der Waals surface area contributed by atoms with Crippen molar-refractivity contribution in [2.24, 2.45) is 17.3 Å². The van der Waals surface area contributed by atoms with Crippen LogP contribution in [0.15, 0.2) is 54.7 Å². The van der Waals surface area contributed by atoms with Gasteiger partial charge < -0.3 is 34.3 Å². The molecule has 5 atom stereocenters. The number of carbonyl (C=O) groups is 5. The molecule has 15 heteroatoms. The summed E-state index contributed by atoms with van der Waals surface area (Å²) in [4.78, 5) is 78.0. The number of esters is 1. The Morgan fingerprint density at radius 1 is 1.05 bits per heavy atom. The van der Waals surface area contributed by atoms with E-state index in [4.69, 9.17) is 14.5 Å². The number of nitrogens with one attached hydrogen (secondary N) is 2. The summed E-state index contributed by atoms with van der Waals surface area (Å²) in [5.41, 5.74) is 9.57. The Balaban J connectivity index is 1.19. The van der Waals surface area contributed by atoms with Crippen LogP contribution in [0.25, 0.3) is 33.3 Å². The lowest BCUT2D eigenvalue weighted by molar-refractivity contribution is -0.155. The second kappa shape index (κ2) is 18.8. The molecule has 2 aromatic carbocycles. The number of likely N-dealkylation sites (tertiary alicyclic amines) is 1. The van der Waals surface area contributed by atoms with Crippen LogP contribution >= 0.6 is 0 Å². The first-order chi connectivity index (χ1) is 31.5. The summed E-state index contributed by atoms with van der Waals surface area (Å²) in [6, 6.07) is 12.7. The molecule has 4 aromatic rings. The summed E-state index contributed by atoms with van der Waals surface area (Å²) in [5, 5.41) is 16.7. The first-order valence-electron chi connectivity index (χ1n) is 23.6. The fourth-order valence-corrected chi connectivity index (χ4v) is 10.3. The highest BCUT2D eigenvalue weighted by molar-refractivity contribution is 5.97. The molecule has 66 heavy (non-hydrogen) atoms. The van der Waals surface area contributed by atoms with Crippen LogP contribution in [0.3, 0.4) is 0 Å². The molecule has 6 bridgehead atoms. The van der Waals surface area contributed by atoms with E-state index in [2.05, 4.69) is 54.3 Å². The molecule has 1 aliphatic carbocycles. The smallest absolute Gasteiger partial charge is 0.324 e. The van der Waals surface area contributed by atoms with Crippen LogP contribution in [0.4, 0.5) is 0 Å². The number of nitrogens with zero attached hydrogens (tertiary/aromatic N) is 5. The molecule has 3 aliphatic heterocycles.